The van der Waals surface area contributed by atoms with Gasteiger partial charge >= 0.3 is 0 Å². The van der Waals surface area contributed by atoms with E-state index in [0.717, 1.165) is 17.0 Å². The third-order valence-electron chi connectivity index (χ3n) is 6.30. The molecule has 0 unspecified atom stereocenters. The molecule has 0 spiro atoms. The number of fused-ring (bicyclic) bond motifs is 1. The lowest BCUT2D eigenvalue weighted by Gasteiger charge is -2.24. The van der Waals surface area contributed by atoms with E-state index in [2.05, 4.69) is 9.97 Å². The lowest BCUT2D eigenvalue weighted by molar-refractivity contribution is -0.134. The molecule has 1 aliphatic rings. The molecule has 184 valence electrons. The quantitative estimate of drug-likeness (QED) is 0.408. The van der Waals surface area contributed by atoms with Gasteiger partial charge in [0.15, 0.2) is 0 Å². The van der Waals surface area contributed by atoms with Gasteiger partial charge in [0.25, 0.3) is 11.5 Å². The Morgan fingerprint density at radius 2 is 1.97 bits per heavy atom. The summed E-state index contributed by atoms with van der Waals surface area (Å²) in [5.74, 6) is 1.79. The van der Waals surface area contributed by atoms with E-state index in [1.165, 1.54) is 5.01 Å². The minimum absolute atomic E-state index is 0.115. The molecule has 1 aliphatic heterocycles. The summed E-state index contributed by atoms with van der Waals surface area (Å²) in [6.45, 7) is 3.00. The normalized spacial score (nSPS) is 15.5. The maximum Gasteiger partial charge on any atom is 0.258 e. The molecule has 0 radical (unpaired) electrons. The number of hydrazone groups is 1. The van der Waals surface area contributed by atoms with E-state index in [1.807, 2.05) is 66.4 Å². The zero-order valence-corrected chi connectivity index (χ0v) is 20.2. The number of amides is 1. The highest BCUT2D eigenvalue weighted by Gasteiger charge is 2.35. The van der Waals surface area contributed by atoms with Gasteiger partial charge in [-0.15, -0.1) is 0 Å². The van der Waals surface area contributed by atoms with Gasteiger partial charge in [0.05, 0.1) is 43.1 Å². The van der Waals surface area contributed by atoms with Gasteiger partial charge < -0.3 is 14.1 Å². The fourth-order valence-electron chi connectivity index (χ4n) is 4.37. The van der Waals surface area contributed by atoms with Crippen molar-refractivity contribution in [2.45, 2.75) is 25.9 Å². The molecular formula is C27H27N5O4. The number of methoxy groups -OCH3 is 1. The highest BCUT2D eigenvalue weighted by atomic mass is 16.5. The van der Waals surface area contributed by atoms with Crippen LogP contribution in [0.2, 0.25) is 0 Å². The summed E-state index contributed by atoms with van der Waals surface area (Å²) >= 11 is 0. The number of hydrogen-bond acceptors (Lipinski definition) is 7. The molecular weight excluding hydrogens is 458 g/mol. The molecule has 4 aromatic rings. The largest absolute Gasteiger partial charge is 0.497 e. The number of carbonyl (C=O) groups excluding carboxylic acids is 1. The highest BCUT2D eigenvalue weighted by Crippen LogP contribution is 2.33. The fourth-order valence-corrected chi connectivity index (χ4v) is 4.37. The highest BCUT2D eigenvalue weighted by molar-refractivity contribution is 6.03. The van der Waals surface area contributed by atoms with Crippen LogP contribution in [0.4, 0.5) is 0 Å². The number of hydrogen-bond donors (Lipinski definition) is 1. The van der Waals surface area contributed by atoms with Crippen molar-refractivity contribution in [1.29, 1.82) is 0 Å². The number of carbonyl (C=O) groups is 1. The molecule has 1 atom stereocenters. The van der Waals surface area contributed by atoms with Crippen LogP contribution >= 0.6 is 0 Å². The molecule has 0 saturated carbocycles. The summed E-state index contributed by atoms with van der Waals surface area (Å²) in [5.41, 5.74) is 2.16. The first-order valence-electron chi connectivity index (χ1n) is 11.8. The summed E-state index contributed by atoms with van der Waals surface area (Å²) in [4.78, 5) is 35.3. The average molecular weight is 486 g/mol. The third kappa shape index (κ3) is 4.78. The Kier molecular flexibility index (Phi) is 6.64. The number of ether oxygens (including phenoxy) is 1. The third-order valence-corrected chi connectivity index (χ3v) is 6.30. The molecule has 36 heavy (non-hydrogen) atoms. The molecule has 1 amide bonds. The van der Waals surface area contributed by atoms with Crippen LogP contribution in [0.25, 0.3) is 10.9 Å². The number of aromatic amines is 1. The predicted molar refractivity (Wildman–Crippen MR) is 136 cm³/mol. The maximum absolute atomic E-state index is 13.5. The molecule has 2 aromatic carbocycles. The van der Waals surface area contributed by atoms with E-state index in [0.29, 0.717) is 42.0 Å². The Morgan fingerprint density at radius 3 is 2.69 bits per heavy atom. The van der Waals surface area contributed by atoms with E-state index < -0.39 is 0 Å². The van der Waals surface area contributed by atoms with Gasteiger partial charge in [-0.2, -0.15) is 5.10 Å². The van der Waals surface area contributed by atoms with Crippen molar-refractivity contribution in [2.24, 2.45) is 5.10 Å². The molecule has 5 rings (SSSR count). The van der Waals surface area contributed by atoms with Gasteiger partial charge in [0.2, 0.25) is 0 Å². The van der Waals surface area contributed by atoms with E-state index in [4.69, 9.17) is 14.3 Å². The average Bonchev–Trinajstić information content (AvgIpc) is 3.59. The molecule has 9 heteroatoms. The number of para-hydroxylation sites is 1. The van der Waals surface area contributed by atoms with Gasteiger partial charge in [-0.3, -0.25) is 14.5 Å². The lowest BCUT2D eigenvalue weighted by Crippen LogP contribution is -2.38. The first kappa shape index (κ1) is 23.5. The number of H-pyrrole nitrogens is 1. The van der Waals surface area contributed by atoms with Crippen LogP contribution in [0.5, 0.6) is 5.75 Å². The number of nitrogens with zero attached hydrogens (tertiary/aromatic N) is 4. The lowest BCUT2D eigenvalue weighted by atomic mass is 10.0. The number of nitrogens with one attached hydrogen (secondary N) is 1. The summed E-state index contributed by atoms with van der Waals surface area (Å²) in [7, 11) is 1.62. The van der Waals surface area contributed by atoms with Crippen molar-refractivity contribution in [3.63, 3.8) is 0 Å². The van der Waals surface area contributed by atoms with E-state index in [1.54, 1.807) is 19.4 Å². The molecule has 1 N–H and O–H groups in total. The van der Waals surface area contributed by atoms with Crippen LogP contribution in [0.1, 0.15) is 36.5 Å². The molecule has 0 aliphatic carbocycles. The molecule has 2 aromatic heterocycles. The SMILES string of the molecule is CCN(CC(=O)N1N=C(c2ccc(OC)cc2)C[C@H]1c1ccco1)Cc1nc2ccccc2c(=O)[nH]1. The van der Waals surface area contributed by atoms with Gasteiger partial charge in [-0.05, 0) is 60.6 Å². The van der Waals surface area contributed by atoms with Crippen LogP contribution < -0.4 is 10.3 Å². The van der Waals surface area contributed by atoms with Crippen LogP contribution in [0.3, 0.4) is 0 Å². The van der Waals surface area contributed by atoms with Gasteiger partial charge in [0.1, 0.15) is 23.4 Å². The smallest absolute Gasteiger partial charge is 0.258 e. The van der Waals surface area contributed by atoms with Crippen LogP contribution in [0.15, 0.2) is 81.2 Å². The first-order valence-corrected chi connectivity index (χ1v) is 11.8. The summed E-state index contributed by atoms with van der Waals surface area (Å²) in [5, 5.41) is 6.75. The van der Waals surface area contributed by atoms with Crippen molar-refractivity contribution in [3.05, 3.63) is 94.4 Å². The predicted octanol–water partition coefficient (Wildman–Crippen LogP) is 3.72. The minimum Gasteiger partial charge on any atom is -0.497 e. The monoisotopic (exact) mass is 485 g/mol. The molecule has 9 nitrogen and oxygen atoms in total. The second kappa shape index (κ2) is 10.2. The standard InChI is InChI=1S/C27H27N5O4/c1-3-31(16-25-28-21-8-5-4-7-20(21)27(34)29-25)17-26(33)32-23(24-9-6-14-36-24)15-22(30-32)18-10-12-19(35-2)13-11-18/h4-14,23H,3,15-17H2,1-2H3,(H,28,29,34)/t23-/m0/s1. The zero-order chi connectivity index (χ0) is 25.1. The second-order valence-corrected chi connectivity index (χ2v) is 8.58. The van der Waals surface area contributed by atoms with Crippen LogP contribution in [-0.4, -0.2) is 51.7 Å². The summed E-state index contributed by atoms with van der Waals surface area (Å²) in [6.07, 6.45) is 2.14. The fraction of sp³-hybridized carbons (Fsp3) is 0.259. The Labute approximate surface area is 208 Å². The van der Waals surface area contributed by atoms with Crippen molar-refractivity contribution < 1.29 is 13.9 Å². The molecule has 0 saturated heterocycles. The van der Waals surface area contributed by atoms with Gasteiger partial charge in [-0.25, -0.2) is 9.99 Å². The zero-order valence-electron chi connectivity index (χ0n) is 20.2. The number of likely N-dealkylation sites (N-methyl/N-ethyl adjacent to an activating group) is 1. The second-order valence-electron chi connectivity index (χ2n) is 8.58. The Balaban J connectivity index is 1.37. The number of benzene rings is 2. The minimum atomic E-state index is -0.332. The van der Waals surface area contributed by atoms with Crippen molar-refractivity contribution >= 4 is 22.5 Å². The number of furan rings is 1. The topological polar surface area (TPSA) is 104 Å². The first-order chi connectivity index (χ1) is 17.6. The van der Waals surface area contributed by atoms with Gasteiger partial charge in [0, 0.05) is 6.42 Å². The van der Waals surface area contributed by atoms with E-state index >= 15 is 0 Å². The number of rotatable bonds is 8. The molecule has 3 heterocycles. The maximum atomic E-state index is 13.5. The van der Waals surface area contributed by atoms with Crippen LogP contribution in [-0.2, 0) is 11.3 Å². The Bertz CT molecular complexity index is 1440. The van der Waals surface area contributed by atoms with E-state index in [-0.39, 0.29) is 24.1 Å². The summed E-state index contributed by atoms with van der Waals surface area (Å²) < 4.78 is 10.9. The van der Waals surface area contributed by atoms with Crippen molar-refractivity contribution in [2.75, 3.05) is 20.2 Å². The van der Waals surface area contributed by atoms with Gasteiger partial charge in [-0.1, -0.05) is 19.1 Å². The summed E-state index contributed by atoms with van der Waals surface area (Å²) in [6, 6.07) is 18.2. The van der Waals surface area contributed by atoms with E-state index in [9.17, 15) is 9.59 Å². The Morgan fingerprint density at radius 1 is 1.17 bits per heavy atom. The van der Waals surface area contributed by atoms with Crippen molar-refractivity contribution in [1.82, 2.24) is 19.9 Å². The van der Waals surface area contributed by atoms with Crippen LogP contribution in [0, 0.1) is 0 Å². The Hall–Kier alpha value is -4.24. The number of aromatic nitrogens is 2. The van der Waals surface area contributed by atoms with Crippen molar-refractivity contribution in [3.8, 4) is 5.75 Å². The molecule has 0 fully saturated rings. The molecule has 0 bridgehead atoms.